The third kappa shape index (κ3) is 3.81. The van der Waals surface area contributed by atoms with Crippen LogP contribution in [0.1, 0.15) is 22.9 Å². The summed E-state index contributed by atoms with van der Waals surface area (Å²) in [6.07, 6.45) is 1.62. The molecule has 2 N–H and O–H groups in total. The third-order valence-electron chi connectivity index (χ3n) is 3.67. The van der Waals surface area contributed by atoms with Crippen LogP contribution >= 0.6 is 12.2 Å². The predicted octanol–water partition coefficient (Wildman–Crippen LogP) is 4.80. The van der Waals surface area contributed by atoms with E-state index in [1.165, 1.54) is 6.07 Å². The van der Waals surface area contributed by atoms with Gasteiger partial charge >= 0.3 is 0 Å². The summed E-state index contributed by atoms with van der Waals surface area (Å²) in [7, 11) is 0. The molecule has 0 saturated heterocycles. The highest BCUT2D eigenvalue weighted by atomic mass is 32.1. The van der Waals surface area contributed by atoms with Gasteiger partial charge in [-0.2, -0.15) is 0 Å². The fourth-order valence-electron chi connectivity index (χ4n) is 2.39. The van der Waals surface area contributed by atoms with Crippen LogP contribution in [-0.2, 0) is 0 Å². The zero-order chi connectivity index (χ0) is 16.9. The topological polar surface area (TPSA) is 37.2 Å². The lowest BCUT2D eigenvalue weighted by Gasteiger charge is -2.19. The Balaban J connectivity index is 1.77. The molecule has 122 valence electrons. The lowest BCUT2D eigenvalue weighted by atomic mass is 10.1. The summed E-state index contributed by atoms with van der Waals surface area (Å²) in [5.74, 6) is 0.480. The normalized spacial score (nSPS) is 11.8. The molecule has 2 aromatic carbocycles. The number of anilines is 1. The molecule has 0 saturated carbocycles. The maximum absolute atomic E-state index is 13.7. The Labute approximate surface area is 145 Å². The summed E-state index contributed by atoms with van der Waals surface area (Å²) in [6, 6.07) is 18.3. The van der Waals surface area contributed by atoms with Gasteiger partial charge in [-0.3, -0.25) is 0 Å². The molecular formula is C19H17FN2OS. The Morgan fingerprint density at radius 2 is 1.88 bits per heavy atom. The molecule has 1 atom stereocenters. The predicted molar refractivity (Wildman–Crippen MR) is 97.5 cm³/mol. The Morgan fingerprint density at radius 1 is 1.08 bits per heavy atom. The molecule has 0 aliphatic carbocycles. The van der Waals surface area contributed by atoms with E-state index in [0.717, 1.165) is 11.3 Å². The number of furan rings is 1. The molecule has 0 fully saturated rings. The first kappa shape index (κ1) is 16.2. The average molecular weight is 340 g/mol. The summed E-state index contributed by atoms with van der Waals surface area (Å²) in [5.41, 5.74) is 2.21. The van der Waals surface area contributed by atoms with Gasteiger partial charge in [0.25, 0.3) is 0 Å². The average Bonchev–Trinajstić information content (AvgIpc) is 3.11. The molecule has 5 heteroatoms. The Hall–Kier alpha value is -2.66. The summed E-state index contributed by atoms with van der Waals surface area (Å²) in [5, 5.41) is 6.63. The van der Waals surface area contributed by atoms with E-state index >= 15 is 0 Å². The van der Waals surface area contributed by atoms with Gasteiger partial charge in [-0.25, -0.2) is 4.39 Å². The minimum atomic E-state index is -0.270. The smallest absolute Gasteiger partial charge is 0.171 e. The van der Waals surface area contributed by atoms with Crippen molar-refractivity contribution < 1.29 is 8.81 Å². The molecule has 3 rings (SSSR count). The highest BCUT2D eigenvalue weighted by molar-refractivity contribution is 7.80. The lowest BCUT2D eigenvalue weighted by molar-refractivity contribution is 0.476. The molecular weight excluding hydrogens is 323 g/mol. The largest absolute Gasteiger partial charge is 0.467 e. The van der Waals surface area contributed by atoms with Crippen molar-refractivity contribution in [1.82, 2.24) is 5.32 Å². The SMILES string of the molecule is Cc1ccc(NC(=S)N[C@H](c2ccccc2)c2ccco2)cc1F. The molecule has 3 nitrogen and oxygen atoms in total. The quantitative estimate of drug-likeness (QED) is 0.669. The Bertz CT molecular complexity index is 819. The molecule has 1 heterocycles. The summed E-state index contributed by atoms with van der Waals surface area (Å²) >= 11 is 5.38. The van der Waals surface area contributed by atoms with Gasteiger partial charge in [0.1, 0.15) is 17.6 Å². The van der Waals surface area contributed by atoms with Crippen LogP contribution in [0.5, 0.6) is 0 Å². The van der Waals surface area contributed by atoms with Gasteiger partial charge in [0, 0.05) is 5.69 Å². The van der Waals surface area contributed by atoms with Crippen LogP contribution in [0.2, 0.25) is 0 Å². The van der Waals surface area contributed by atoms with Crippen LogP contribution in [-0.4, -0.2) is 5.11 Å². The van der Waals surface area contributed by atoms with E-state index in [1.54, 1.807) is 25.3 Å². The minimum Gasteiger partial charge on any atom is -0.467 e. The van der Waals surface area contributed by atoms with Gasteiger partial charge in [-0.1, -0.05) is 36.4 Å². The standard InChI is InChI=1S/C19H17FN2OS/c1-13-9-10-15(12-16(13)20)21-19(24)22-18(17-8-5-11-23-17)14-6-3-2-4-7-14/h2-12,18H,1H3,(H2,21,22,24)/t18-/m1/s1. The number of rotatable bonds is 4. The van der Waals surface area contributed by atoms with E-state index in [1.807, 2.05) is 42.5 Å². The highest BCUT2D eigenvalue weighted by Crippen LogP contribution is 2.22. The molecule has 0 radical (unpaired) electrons. The Kier molecular flexibility index (Phi) is 4.91. The summed E-state index contributed by atoms with van der Waals surface area (Å²) in [4.78, 5) is 0. The van der Waals surface area contributed by atoms with Crippen molar-refractivity contribution in [3.63, 3.8) is 0 Å². The molecule has 0 unspecified atom stereocenters. The van der Waals surface area contributed by atoms with Gasteiger partial charge in [0.15, 0.2) is 5.11 Å². The number of thiocarbonyl (C=S) groups is 1. The number of hydrogen-bond acceptors (Lipinski definition) is 2. The van der Waals surface area contributed by atoms with Crippen LogP contribution in [0.4, 0.5) is 10.1 Å². The molecule has 0 bridgehead atoms. The monoisotopic (exact) mass is 340 g/mol. The van der Waals surface area contributed by atoms with E-state index in [9.17, 15) is 4.39 Å². The van der Waals surface area contributed by atoms with Crippen molar-refractivity contribution in [3.05, 3.63) is 89.6 Å². The van der Waals surface area contributed by atoms with Crippen LogP contribution in [0, 0.1) is 12.7 Å². The molecule has 0 amide bonds. The molecule has 1 aromatic heterocycles. The second kappa shape index (κ2) is 7.27. The highest BCUT2D eigenvalue weighted by Gasteiger charge is 2.17. The molecule has 3 aromatic rings. The summed E-state index contributed by atoms with van der Waals surface area (Å²) < 4.78 is 19.2. The molecule has 0 spiro atoms. The first-order valence-electron chi connectivity index (χ1n) is 7.55. The first-order valence-corrected chi connectivity index (χ1v) is 7.96. The second-order valence-electron chi connectivity index (χ2n) is 5.42. The second-order valence-corrected chi connectivity index (χ2v) is 5.83. The van der Waals surface area contributed by atoms with Gasteiger partial charge in [-0.05, 0) is 54.5 Å². The number of halogens is 1. The van der Waals surface area contributed by atoms with Crippen LogP contribution in [0.15, 0.2) is 71.3 Å². The fraction of sp³-hybridized carbons (Fsp3) is 0.105. The first-order chi connectivity index (χ1) is 11.6. The van der Waals surface area contributed by atoms with Gasteiger partial charge in [-0.15, -0.1) is 0 Å². The van der Waals surface area contributed by atoms with Crippen LogP contribution in [0.25, 0.3) is 0 Å². The van der Waals surface area contributed by atoms with Crippen molar-refractivity contribution >= 4 is 23.0 Å². The van der Waals surface area contributed by atoms with Crippen molar-refractivity contribution in [2.75, 3.05) is 5.32 Å². The number of benzene rings is 2. The fourth-order valence-corrected chi connectivity index (χ4v) is 2.62. The van der Waals surface area contributed by atoms with E-state index < -0.39 is 0 Å². The van der Waals surface area contributed by atoms with Crippen molar-refractivity contribution in [3.8, 4) is 0 Å². The van der Waals surface area contributed by atoms with E-state index in [-0.39, 0.29) is 11.9 Å². The lowest BCUT2D eigenvalue weighted by Crippen LogP contribution is -2.32. The Morgan fingerprint density at radius 3 is 2.54 bits per heavy atom. The number of aryl methyl sites for hydroxylation is 1. The third-order valence-corrected chi connectivity index (χ3v) is 3.89. The molecule has 0 aliphatic heterocycles. The van der Waals surface area contributed by atoms with Gasteiger partial charge < -0.3 is 15.1 Å². The van der Waals surface area contributed by atoms with Gasteiger partial charge in [0.05, 0.1) is 6.26 Å². The van der Waals surface area contributed by atoms with E-state index in [2.05, 4.69) is 10.6 Å². The number of nitrogens with one attached hydrogen (secondary N) is 2. The van der Waals surface area contributed by atoms with Crippen LogP contribution in [0.3, 0.4) is 0 Å². The van der Waals surface area contributed by atoms with E-state index in [0.29, 0.717) is 16.4 Å². The number of hydrogen-bond donors (Lipinski definition) is 2. The maximum Gasteiger partial charge on any atom is 0.171 e. The van der Waals surface area contributed by atoms with Crippen molar-refractivity contribution in [1.29, 1.82) is 0 Å². The summed E-state index contributed by atoms with van der Waals surface area (Å²) in [6.45, 7) is 1.72. The molecule has 24 heavy (non-hydrogen) atoms. The van der Waals surface area contributed by atoms with Crippen molar-refractivity contribution in [2.24, 2.45) is 0 Å². The zero-order valence-corrected chi connectivity index (χ0v) is 13.9. The molecule has 0 aliphatic rings. The van der Waals surface area contributed by atoms with Crippen LogP contribution < -0.4 is 10.6 Å². The maximum atomic E-state index is 13.7. The zero-order valence-electron chi connectivity index (χ0n) is 13.1. The van der Waals surface area contributed by atoms with Gasteiger partial charge in [0.2, 0.25) is 0 Å². The van der Waals surface area contributed by atoms with E-state index in [4.69, 9.17) is 16.6 Å². The van der Waals surface area contributed by atoms with Crippen molar-refractivity contribution in [2.45, 2.75) is 13.0 Å². The minimum absolute atomic E-state index is 0.225.